The molecule has 0 fully saturated rings. The number of methoxy groups -OCH3 is 1. The zero-order chi connectivity index (χ0) is 17.8. The van der Waals surface area contributed by atoms with Gasteiger partial charge in [0.2, 0.25) is 5.82 Å². The second-order valence-corrected chi connectivity index (χ2v) is 5.80. The Labute approximate surface area is 144 Å². The van der Waals surface area contributed by atoms with E-state index in [4.69, 9.17) is 4.74 Å². The Balaban J connectivity index is 1.78. The van der Waals surface area contributed by atoms with Gasteiger partial charge in [-0.05, 0) is 6.42 Å². The number of nitrogens with zero attached hydrogens (tertiary/aromatic N) is 6. The monoisotopic (exact) mass is 347 g/mol. The fourth-order valence-corrected chi connectivity index (χ4v) is 2.74. The molecule has 3 heterocycles. The average Bonchev–Trinajstić information content (AvgIpc) is 3.14. The van der Waals surface area contributed by atoms with E-state index in [1.807, 2.05) is 0 Å². The molecule has 0 spiro atoms. The molecule has 1 N–H and O–H groups in total. The van der Waals surface area contributed by atoms with Gasteiger partial charge in [0.25, 0.3) is 11.8 Å². The molecule has 0 bridgehead atoms. The third kappa shape index (κ3) is 3.68. The Kier molecular flexibility index (Phi) is 5.08. The lowest BCUT2D eigenvalue weighted by molar-refractivity contribution is 0.0730. The van der Waals surface area contributed by atoms with Gasteiger partial charge in [0, 0.05) is 33.8 Å². The number of hydrogen-bond donors (Lipinski definition) is 1. The molecule has 10 nitrogen and oxygen atoms in total. The molecule has 0 radical (unpaired) electrons. The van der Waals surface area contributed by atoms with Crippen molar-refractivity contribution >= 4 is 11.8 Å². The Morgan fingerprint density at radius 1 is 1.36 bits per heavy atom. The van der Waals surface area contributed by atoms with Crippen LogP contribution in [0.25, 0.3) is 0 Å². The van der Waals surface area contributed by atoms with Crippen LogP contribution in [0.5, 0.6) is 0 Å². The molecule has 1 aliphatic heterocycles. The zero-order valence-corrected chi connectivity index (χ0v) is 14.3. The number of aromatic nitrogens is 5. The van der Waals surface area contributed by atoms with Gasteiger partial charge in [0.05, 0.1) is 30.6 Å². The molecule has 3 rings (SSSR count). The molecule has 0 aromatic carbocycles. The summed E-state index contributed by atoms with van der Waals surface area (Å²) in [5.41, 5.74) is 1.20. The van der Waals surface area contributed by atoms with Crippen LogP contribution in [-0.2, 0) is 24.9 Å². The van der Waals surface area contributed by atoms with E-state index >= 15 is 0 Å². The van der Waals surface area contributed by atoms with Gasteiger partial charge < -0.3 is 15.0 Å². The summed E-state index contributed by atoms with van der Waals surface area (Å²) in [4.78, 5) is 30.7. The average molecular weight is 347 g/mol. The van der Waals surface area contributed by atoms with Crippen LogP contribution in [0.1, 0.15) is 33.1 Å². The number of amides is 2. The van der Waals surface area contributed by atoms with Crippen molar-refractivity contribution in [2.45, 2.75) is 19.5 Å². The van der Waals surface area contributed by atoms with Crippen molar-refractivity contribution in [1.82, 2.24) is 34.8 Å². The maximum absolute atomic E-state index is 12.6. The van der Waals surface area contributed by atoms with Crippen molar-refractivity contribution in [3.05, 3.63) is 29.6 Å². The van der Waals surface area contributed by atoms with E-state index < -0.39 is 0 Å². The molecular formula is C15H21N7O3. The molecule has 10 heteroatoms. The predicted octanol–water partition coefficient (Wildman–Crippen LogP) is -0.566. The highest BCUT2D eigenvalue weighted by Crippen LogP contribution is 2.17. The van der Waals surface area contributed by atoms with Gasteiger partial charge in [0.1, 0.15) is 6.33 Å². The van der Waals surface area contributed by atoms with E-state index in [2.05, 4.69) is 20.5 Å². The van der Waals surface area contributed by atoms with Crippen molar-refractivity contribution < 1.29 is 14.3 Å². The third-order valence-electron chi connectivity index (χ3n) is 4.00. The topological polar surface area (TPSA) is 107 Å². The van der Waals surface area contributed by atoms with Gasteiger partial charge >= 0.3 is 0 Å². The van der Waals surface area contributed by atoms with E-state index in [1.165, 1.54) is 11.0 Å². The Morgan fingerprint density at radius 2 is 2.20 bits per heavy atom. The van der Waals surface area contributed by atoms with E-state index in [9.17, 15) is 9.59 Å². The number of rotatable bonds is 5. The van der Waals surface area contributed by atoms with Crippen LogP contribution in [0.4, 0.5) is 0 Å². The second kappa shape index (κ2) is 7.43. The molecule has 25 heavy (non-hydrogen) atoms. The van der Waals surface area contributed by atoms with Gasteiger partial charge in [0.15, 0.2) is 0 Å². The number of fused-ring (bicyclic) bond motifs is 1. The van der Waals surface area contributed by atoms with Gasteiger partial charge in [-0.25, -0.2) is 4.98 Å². The highest BCUT2D eigenvalue weighted by atomic mass is 16.5. The summed E-state index contributed by atoms with van der Waals surface area (Å²) < 4.78 is 8.21. The Morgan fingerprint density at radius 3 is 2.92 bits per heavy atom. The first-order chi connectivity index (χ1) is 12.1. The Hall–Kier alpha value is -2.75. The normalized spacial score (nSPS) is 14.1. The first-order valence-electron chi connectivity index (χ1n) is 8.07. The minimum atomic E-state index is -0.249. The first kappa shape index (κ1) is 17.1. The summed E-state index contributed by atoms with van der Waals surface area (Å²) in [7, 11) is 3.29. The van der Waals surface area contributed by atoms with E-state index in [1.54, 1.807) is 29.9 Å². The van der Waals surface area contributed by atoms with Crippen LogP contribution >= 0.6 is 0 Å². The minimum absolute atomic E-state index is 0.154. The molecule has 2 amide bonds. The van der Waals surface area contributed by atoms with Crippen molar-refractivity contribution in [3.63, 3.8) is 0 Å². The number of ether oxygens (including phenoxy) is 1. The van der Waals surface area contributed by atoms with Gasteiger partial charge in [-0.15, -0.1) is 5.10 Å². The highest BCUT2D eigenvalue weighted by molar-refractivity contribution is 5.95. The summed E-state index contributed by atoms with van der Waals surface area (Å²) in [6.45, 7) is 2.36. The van der Waals surface area contributed by atoms with Crippen LogP contribution in [0, 0.1) is 0 Å². The van der Waals surface area contributed by atoms with E-state index in [0.717, 1.165) is 12.1 Å². The quantitative estimate of drug-likeness (QED) is 0.726. The molecule has 0 atom stereocenters. The SMILES string of the molecule is COCCNC(=O)c1cnn2c1CN(C(=O)c1ncn(C)n1)CCC2. The lowest BCUT2D eigenvalue weighted by Crippen LogP contribution is -2.33. The largest absolute Gasteiger partial charge is 0.383 e. The number of hydrogen-bond acceptors (Lipinski definition) is 6. The van der Waals surface area contributed by atoms with E-state index in [-0.39, 0.29) is 17.6 Å². The molecule has 0 saturated carbocycles. The molecule has 2 aromatic heterocycles. The summed E-state index contributed by atoms with van der Waals surface area (Å²) >= 11 is 0. The number of aryl methyl sites for hydroxylation is 2. The number of carbonyl (C=O) groups is 2. The van der Waals surface area contributed by atoms with Gasteiger partial charge in [-0.1, -0.05) is 0 Å². The lowest BCUT2D eigenvalue weighted by Gasteiger charge is -2.18. The van der Waals surface area contributed by atoms with Crippen molar-refractivity contribution in [1.29, 1.82) is 0 Å². The van der Waals surface area contributed by atoms with Crippen molar-refractivity contribution in [3.8, 4) is 0 Å². The molecule has 0 saturated heterocycles. The lowest BCUT2D eigenvalue weighted by atomic mass is 10.2. The van der Waals surface area contributed by atoms with Gasteiger partial charge in [-0.3, -0.25) is 19.0 Å². The smallest absolute Gasteiger partial charge is 0.293 e. The summed E-state index contributed by atoms with van der Waals surface area (Å²) in [5, 5.41) is 11.1. The summed E-state index contributed by atoms with van der Waals surface area (Å²) in [6.07, 6.45) is 3.78. The van der Waals surface area contributed by atoms with Crippen molar-refractivity contribution in [2.75, 3.05) is 26.8 Å². The molecular weight excluding hydrogens is 326 g/mol. The van der Waals surface area contributed by atoms with Crippen LogP contribution in [0.15, 0.2) is 12.5 Å². The van der Waals surface area contributed by atoms with Crippen LogP contribution in [0.2, 0.25) is 0 Å². The fourth-order valence-electron chi connectivity index (χ4n) is 2.74. The van der Waals surface area contributed by atoms with Crippen LogP contribution < -0.4 is 5.32 Å². The first-order valence-corrected chi connectivity index (χ1v) is 8.07. The maximum Gasteiger partial charge on any atom is 0.293 e. The predicted molar refractivity (Wildman–Crippen MR) is 86.8 cm³/mol. The standard InChI is InChI=1S/C15H21N7O3/c1-20-10-17-13(19-20)15(24)21-5-3-6-22-12(9-21)11(8-18-22)14(23)16-4-7-25-2/h8,10H,3-7,9H2,1-2H3,(H,16,23). The highest BCUT2D eigenvalue weighted by Gasteiger charge is 2.27. The molecule has 0 aliphatic carbocycles. The molecule has 134 valence electrons. The molecule has 1 aliphatic rings. The van der Waals surface area contributed by atoms with Crippen molar-refractivity contribution in [2.24, 2.45) is 7.05 Å². The summed E-state index contributed by atoms with van der Waals surface area (Å²) in [6, 6.07) is 0. The molecule has 2 aromatic rings. The zero-order valence-electron chi connectivity index (χ0n) is 14.3. The summed E-state index contributed by atoms with van der Waals surface area (Å²) in [5.74, 6) is -0.314. The maximum atomic E-state index is 12.6. The second-order valence-electron chi connectivity index (χ2n) is 5.80. The fraction of sp³-hybridized carbons (Fsp3) is 0.533. The van der Waals surface area contributed by atoms with E-state index in [0.29, 0.717) is 38.3 Å². The van der Waals surface area contributed by atoms with Gasteiger partial charge in [-0.2, -0.15) is 5.10 Å². The minimum Gasteiger partial charge on any atom is -0.383 e. The van der Waals surface area contributed by atoms with Crippen LogP contribution in [0.3, 0.4) is 0 Å². The third-order valence-corrected chi connectivity index (χ3v) is 4.00. The number of carbonyl (C=O) groups excluding carboxylic acids is 2. The Bertz CT molecular complexity index is 767. The van der Waals surface area contributed by atoms with Crippen LogP contribution in [-0.4, -0.2) is 68.1 Å². The molecule has 0 unspecified atom stereocenters. The number of nitrogens with one attached hydrogen (secondary N) is 1.